The van der Waals surface area contributed by atoms with E-state index >= 15 is 0 Å². The Hall–Kier alpha value is -2.25. The number of rotatable bonds is 5. The van der Waals surface area contributed by atoms with Gasteiger partial charge in [0.2, 0.25) is 5.91 Å². The van der Waals surface area contributed by atoms with E-state index in [-0.39, 0.29) is 23.0 Å². The van der Waals surface area contributed by atoms with Gasteiger partial charge in [-0.15, -0.1) is 11.3 Å². The molecule has 1 amide bonds. The number of carbonyl (C=O) groups excluding carboxylic acids is 1. The Bertz CT molecular complexity index is 935. The number of carbonyl (C=O) groups is 1. The van der Waals surface area contributed by atoms with E-state index in [2.05, 4.69) is 49.4 Å². The predicted molar refractivity (Wildman–Crippen MR) is 122 cm³/mol. The van der Waals surface area contributed by atoms with Gasteiger partial charge in [0, 0.05) is 35.6 Å². The third-order valence-corrected chi connectivity index (χ3v) is 6.31. The van der Waals surface area contributed by atoms with Crippen LogP contribution in [0.4, 0.5) is 10.9 Å². The van der Waals surface area contributed by atoms with E-state index in [0.29, 0.717) is 6.42 Å². The van der Waals surface area contributed by atoms with Gasteiger partial charge in [-0.1, -0.05) is 17.7 Å². The summed E-state index contributed by atoms with van der Waals surface area (Å²) in [4.78, 5) is 24.4. The van der Waals surface area contributed by atoms with Crippen LogP contribution < -0.4 is 10.6 Å². The fourth-order valence-electron chi connectivity index (χ4n) is 4.96. The molecule has 1 atom stereocenters. The number of nitrogens with zero attached hydrogens (tertiary/aromatic N) is 3. The summed E-state index contributed by atoms with van der Waals surface area (Å²) in [6.45, 7) is 9.54. The highest BCUT2D eigenvalue weighted by atomic mass is 32.1. The summed E-state index contributed by atoms with van der Waals surface area (Å²) in [6, 6.07) is 6.01. The summed E-state index contributed by atoms with van der Waals surface area (Å²) in [7, 11) is 0. The largest absolute Gasteiger partial charge is 0.334 e. The van der Waals surface area contributed by atoms with E-state index in [1.165, 1.54) is 5.57 Å². The molecule has 0 unspecified atom stereocenters. The zero-order chi connectivity index (χ0) is 21.4. The Labute approximate surface area is 182 Å². The molecule has 30 heavy (non-hydrogen) atoms. The Morgan fingerprint density at radius 3 is 2.90 bits per heavy atom. The van der Waals surface area contributed by atoms with Gasteiger partial charge in [0.15, 0.2) is 5.13 Å². The highest BCUT2D eigenvalue weighted by Gasteiger charge is 2.35. The minimum absolute atomic E-state index is 0.00431. The van der Waals surface area contributed by atoms with Gasteiger partial charge < -0.3 is 15.5 Å². The molecule has 0 radical (unpaired) electrons. The van der Waals surface area contributed by atoms with E-state index in [1.54, 1.807) is 17.5 Å². The summed E-state index contributed by atoms with van der Waals surface area (Å²) in [5.41, 5.74) is 2.07. The first-order chi connectivity index (χ1) is 14.2. The molecule has 2 aromatic heterocycles. The molecule has 4 rings (SSSR count). The molecule has 2 aliphatic heterocycles. The first-order valence-electron chi connectivity index (χ1n) is 10.6. The van der Waals surface area contributed by atoms with Gasteiger partial charge in [0.1, 0.15) is 5.82 Å². The second-order valence-electron chi connectivity index (χ2n) is 9.54. The number of anilines is 2. The molecular weight excluding hydrogens is 394 g/mol. The van der Waals surface area contributed by atoms with Gasteiger partial charge >= 0.3 is 0 Å². The monoisotopic (exact) mass is 425 g/mol. The molecule has 7 heteroatoms. The van der Waals surface area contributed by atoms with Crippen molar-refractivity contribution >= 4 is 28.2 Å². The van der Waals surface area contributed by atoms with Crippen molar-refractivity contribution in [2.24, 2.45) is 0 Å². The van der Waals surface area contributed by atoms with Gasteiger partial charge in [0.25, 0.3) is 0 Å². The van der Waals surface area contributed by atoms with Crippen LogP contribution in [0.15, 0.2) is 41.4 Å². The average molecular weight is 426 g/mol. The normalized spacial score (nSPS) is 22.6. The number of nitrogens with one attached hydrogen (secondary N) is 2. The first-order valence-corrected chi connectivity index (χ1v) is 11.5. The molecule has 1 saturated heterocycles. The molecule has 0 saturated carbocycles. The fraction of sp³-hybridized carbons (Fsp3) is 0.522. The smallest absolute Gasteiger partial charge is 0.227 e. The highest BCUT2D eigenvalue weighted by Crippen LogP contribution is 2.35. The van der Waals surface area contributed by atoms with Crippen molar-refractivity contribution in [2.45, 2.75) is 70.5 Å². The predicted octanol–water partition coefficient (Wildman–Crippen LogP) is 4.81. The van der Waals surface area contributed by atoms with Crippen LogP contribution in [-0.2, 0) is 4.79 Å². The number of hydrogen-bond acceptors (Lipinski definition) is 6. The van der Waals surface area contributed by atoms with Gasteiger partial charge in [0.05, 0.1) is 11.7 Å². The van der Waals surface area contributed by atoms with Gasteiger partial charge in [-0.05, 0) is 59.1 Å². The molecule has 2 aromatic rings. The minimum atomic E-state index is -0.0981. The summed E-state index contributed by atoms with van der Waals surface area (Å²) in [5.74, 6) is 0.976. The maximum Gasteiger partial charge on any atom is 0.227 e. The van der Waals surface area contributed by atoms with Crippen molar-refractivity contribution < 1.29 is 4.79 Å². The standard InChI is InChI=1S/C23H31N5OS/c1-22(2)14-16(15-23(3,4)27-22)13-20(29)28-11-6-8-18(28)17-7-5-9-19(25-17)26-21-24-10-12-30-21/h5,7,9-10,12,14,18,27H,6,8,11,13,15H2,1-4H3,(H,24,25,26)/t18-/m0/s1. The summed E-state index contributed by atoms with van der Waals surface area (Å²) >= 11 is 1.54. The van der Waals surface area contributed by atoms with Crippen LogP contribution in [0.1, 0.15) is 65.1 Å². The number of amides is 1. The Balaban J connectivity index is 1.48. The molecule has 0 aliphatic carbocycles. The molecule has 6 nitrogen and oxygen atoms in total. The van der Waals surface area contributed by atoms with Crippen molar-refractivity contribution in [1.82, 2.24) is 20.2 Å². The summed E-state index contributed by atoms with van der Waals surface area (Å²) in [5, 5.41) is 9.65. The van der Waals surface area contributed by atoms with Crippen molar-refractivity contribution in [1.29, 1.82) is 0 Å². The van der Waals surface area contributed by atoms with Gasteiger partial charge in [-0.2, -0.15) is 0 Å². The zero-order valence-electron chi connectivity index (χ0n) is 18.2. The van der Waals surface area contributed by atoms with Crippen LogP contribution in [-0.4, -0.2) is 38.4 Å². The topological polar surface area (TPSA) is 70.2 Å². The molecule has 160 valence electrons. The molecular formula is C23H31N5OS. The molecule has 2 N–H and O–H groups in total. The zero-order valence-corrected chi connectivity index (χ0v) is 19.1. The van der Waals surface area contributed by atoms with E-state index in [1.807, 2.05) is 28.5 Å². The molecule has 1 fully saturated rings. The lowest BCUT2D eigenvalue weighted by atomic mass is 9.82. The average Bonchev–Trinajstić information content (AvgIpc) is 3.30. The van der Waals surface area contributed by atoms with E-state index in [0.717, 1.165) is 42.5 Å². The summed E-state index contributed by atoms with van der Waals surface area (Å²) in [6.07, 6.45) is 7.36. The Morgan fingerprint density at radius 1 is 1.33 bits per heavy atom. The molecule has 0 bridgehead atoms. The maximum absolute atomic E-state index is 13.3. The molecule has 2 aliphatic rings. The van der Waals surface area contributed by atoms with Crippen LogP contribution in [0.25, 0.3) is 0 Å². The van der Waals surface area contributed by atoms with Crippen LogP contribution >= 0.6 is 11.3 Å². The highest BCUT2D eigenvalue weighted by molar-refractivity contribution is 7.13. The minimum Gasteiger partial charge on any atom is -0.334 e. The van der Waals surface area contributed by atoms with Crippen LogP contribution in [0, 0.1) is 0 Å². The lowest BCUT2D eigenvalue weighted by Crippen LogP contribution is -2.54. The van der Waals surface area contributed by atoms with Crippen LogP contribution in [0.2, 0.25) is 0 Å². The third-order valence-electron chi connectivity index (χ3n) is 5.63. The van der Waals surface area contributed by atoms with Crippen molar-refractivity contribution in [2.75, 3.05) is 11.9 Å². The van der Waals surface area contributed by atoms with E-state index in [4.69, 9.17) is 4.98 Å². The van der Waals surface area contributed by atoms with Gasteiger partial charge in [-0.3, -0.25) is 4.79 Å². The summed E-state index contributed by atoms with van der Waals surface area (Å²) < 4.78 is 0. The second-order valence-corrected chi connectivity index (χ2v) is 10.4. The molecule has 0 aromatic carbocycles. The number of thiazole rings is 1. The fourth-order valence-corrected chi connectivity index (χ4v) is 5.50. The quantitative estimate of drug-likeness (QED) is 0.673. The second kappa shape index (κ2) is 8.12. The third kappa shape index (κ3) is 4.90. The lowest BCUT2D eigenvalue weighted by molar-refractivity contribution is -0.131. The van der Waals surface area contributed by atoms with Crippen molar-refractivity contribution in [3.63, 3.8) is 0 Å². The van der Waals surface area contributed by atoms with E-state index in [9.17, 15) is 4.79 Å². The number of likely N-dealkylation sites (tertiary alicyclic amines) is 1. The van der Waals surface area contributed by atoms with Gasteiger partial charge in [-0.25, -0.2) is 9.97 Å². The van der Waals surface area contributed by atoms with E-state index < -0.39 is 0 Å². The number of hydrogen-bond donors (Lipinski definition) is 2. The van der Waals surface area contributed by atoms with Crippen molar-refractivity contribution in [3.05, 3.63) is 47.1 Å². The first kappa shape index (κ1) is 21.0. The van der Waals surface area contributed by atoms with Crippen LogP contribution in [0.3, 0.4) is 0 Å². The molecule has 4 heterocycles. The Kier molecular flexibility index (Phi) is 5.68. The number of pyridine rings is 1. The van der Waals surface area contributed by atoms with Crippen molar-refractivity contribution in [3.8, 4) is 0 Å². The number of aromatic nitrogens is 2. The molecule has 0 spiro atoms. The Morgan fingerprint density at radius 2 is 2.17 bits per heavy atom. The lowest BCUT2D eigenvalue weighted by Gasteiger charge is -2.41. The van der Waals surface area contributed by atoms with Crippen LogP contribution in [0.5, 0.6) is 0 Å². The maximum atomic E-state index is 13.3. The SMILES string of the molecule is CC1(C)C=C(CC(=O)N2CCC[C@H]2c2cccc(Nc3nccs3)n2)CC(C)(C)N1.